The molecule has 0 atom stereocenters. The number of fused-ring (bicyclic) bond motifs is 1. The number of nitrogens with zero attached hydrogens (tertiary/aromatic N) is 3. The van der Waals surface area contributed by atoms with Crippen LogP contribution in [0.2, 0.25) is 0 Å². The van der Waals surface area contributed by atoms with Gasteiger partial charge in [0, 0.05) is 18.7 Å². The van der Waals surface area contributed by atoms with Crippen LogP contribution < -0.4 is 16.6 Å². The molecule has 1 aliphatic carbocycles. The van der Waals surface area contributed by atoms with Gasteiger partial charge in [-0.05, 0) is 26.7 Å². The average Bonchev–Trinajstić information content (AvgIpc) is 3.24. The molecule has 28 heavy (non-hydrogen) atoms. The molecule has 1 fully saturated rings. The standard InChI is InChI=1S/C16H18F3N5O4/c1-15(2,16(17,18)19)6-23-9-5-8(11(20)25)22-24(9)14(28)10(13(23)27)12(26)21-7-3-4-7/h5,7,28H,3-4,6H2,1-2H3,(H2,20,25)(H,21,26). The number of aromatic hydroxyl groups is 1. The van der Waals surface area contributed by atoms with E-state index >= 15 is 0 Å². The van der Waals surface area contributed by atoms with Gasteiger partial charge < -0.3 is 16.2 Å². The Bertz CT molecular complexity index is 1030. The third-order valence-corrected chi connectivity index (χ3v) is 4.56. The highest BCUT2D eigenvalue weighted by Gasteiger charge is 2.48. The zero-order chi connectivity index (χ0) is 21.0. The molecular formula is C16H18F3N5O4. The van der Waals surface area contributed by atoms with Crippen molar-refractivity contribution in [3.8, 4) is 5.88 Å². The van der Waals surface area contributed by atoms with Crippen LogP contribution in [-0.4, -0.2) is 43.3 Å². The summed E-state index contributed by atoms with van der Waals surface area (Å²) in [6.45, 7) is 0.906. The molecule has 0 aliphatic heterocycles. The lowest BCUT2D eigenvalue weighted by Crippen LogP contribution is -2.42. The first kappa shape index (κ1) is 19.7. The molecule has 2 aromatic heterocycles. The summed E-state index contributed by atoms with van der Waals surface area (Å²) in [7, 11) is 0. The first-order valence-corrected chi connectivity index (χ1v) is 8.36. The van der Waals surface area contributed by atoms with E-state index in [4.69, 9.17) is 5.73 Å². The second kappa shape index (κ2) is 6.24. The molecule has 9 nitrogen and oxygen atoms in total. The molecule has 2 amide bonds. The lowest BCUT2D eigenvalue weighted by atomic mass is 9.92. The van der Waals surface area contributed by atoms with Gasteiger partial charge >= 0.3 is 6.18 Å². The van der Waals surface area contributed by atoms with Crippen LogP contribution in [-0.2, 0) is 6.54 Å². The van der Waals surface area contributed by atoms with Gasteiger partial charge in [-0.2, -0.15) is 22.8 Å². The summed E-state index contributed by atoms with van der Waals surface area (Å²) in [5.41, 5.74) is 0.232. The molecule has 12 heteroatoms. The van der Waals surface area contributed by atoms with Gasteiger partial charge in [0.2, 0.25) is 5.88 Å². The molecule has 0 radical (unpaired) electrons. The first-order valence-electron chi connectivity index (χ1n) is 8.36. The van der Waals surface area contributed by atoms with Gasteiger partial charge in [-0.3, -0.25) is 19.0 Å². The number of primary amides is 1. The van der Waals surface area contributed by atoms with Crippen LogP contribution in [0, 0.1) is 5.41 Å². The third kappa shape index (κ3) is 3.29. The summed E-state index contributed by atoms with van der Waals surface area (Å²) in [5.74, 6) is -2.82. The summed E-state index contributed by atoms with van der Waals surface area (Å²) in [6.07, 6.45) is -3.28. The third-order valence-electron chi connectivity index (χ3n) is 4.56. The Morgan fingerprint density at radius 3 is 2.46 bits per heavy atom. The number of halogens is 3. The second-order valence-electron chi connectivity index (χ2n) is 7.38. The predicted molar refractivity (Wildman–Crippen MR) is 90.0 cm³/mol. The minimum absolute atomic E-state index is 0.166. The van der Waals surface area contributed by atoms with Crippen molar-refractivity contribution < 1.29 is 27.9 Å². The molecule has 152 valence electrons. The number of hydrogen-bond donors (Lipinski definition) is 3. The molecule has 2 aromatic rings. The molecular weight excluding hydrogens is 383 g/mol. The predicted octanol–water partition coefficient (Wildman–Crippen LogP) is 0.781. The molecule has 0 aromatic carbocycles. The number of nitrogens with two attached hydrogens (primary N) is 1. The number of rotatable bonds is 5. The van der Waals surface area contributed by atoms with Gasteiger partial charge in [-0.25, -0.2) is 0 Å². The number of alkyl halides is 3. The lowest BCUT2D eigenvalue weighted by molar-refractivity contribution is -0.215. The fourth-order valence-electron chi connectivity index (χ4n) is 2.60. The number of carbonyl (C=O) groups excluding carboxylic acids is 2. The van der Waals surface area contributed by atoms with E-state index in [1.165, 1.54) is 0 Å². The largest absolute Gasteiger partial charge is 0.492 e. The minimum Gasteiger partial charge on any atom is -0.492 e. The van der Waals surface area contributed by atoms with Crippen molar-refractivity contribution in [2.45, 2.75) is 45.5 Å². The van der Waals surface area contributed by atoms with E-state index in [2.05, 4.69) is 10.4 Å². The number of aromatic nitrogens is 3. The van der Waals surface area contributed by atoms with E-state index < -0.39 is 47.0 Å². The highest BCUT2D eigenvalue weighted by atomic mass is 19.4. The van der Waals surface area contributed by atoms with E-state index in [-0.39, 0.29) is 17.4 Å². The van der Waals surface area contributed by atoms with Gasteiger partial charge in [0.1, 0.15) is 5.65 Å². The summed E-state index contributed by atoms with van der Waals surface area (Å²) in [4.78, 5) is 36.7. The van der Waals surface area contributed by atoms with Crippen LogP contribution in [0.25, 0.3) is 5.65 Å². The Labute approximate surface area is 155 Å². The van der Waals surface area contributed by atoms with Gasteiger partial charge in [0.25, 0.3) is 17.4 Å². The van der Waals surface area contributed by atoms with E-state index in [1.807, 2.05) is 0 Å². The monoisotopic (exact) mass is 401 g/mol. The smallest absolute Gasteiger partial charge is 0.395 e. The van der Waals surface area contributed by atoms with Crippen molar-refractivity contribution in [2.24, 2.45) is 11.1 Å². The lowest BCUT2D eigenvalue weighted by Gasteiger charge is -2.28. The molecule has 0 bridgehead atoms. The number of nitrogens with one attached hydrogen (secondary N) is 1. The van der Waals surface area contributed by atoms with Crippen molar-refractivity contribution in [3.05, 3.63) is 27.7 Å². The molecule has 3 rings (SSSR count). The average molecular weight is 401 g/mol. The summed E-state index contributed by atoms with van der Waals surface area (Å²) < 4.78 is 41.4. The second-order valence-corrected chi connectivity index (χ2v) is 7.38. The van der Waals surface area contributed by atoms with E-state index in [0.717, 1.165) is 19.9 Å². The summed E-state index contributed by atoms with van der Waals surface area (Å²) in [6, 6.07) is 0.819. The van der Waals surface area contributed by atoms with Gasteiger partial charge in [0.05, 0.1) is 5.41 Å². The number of hydrogen-bond acceptors (Lipinski definition) is 5. The fraction of sp³-hybridized carbons (Fsp3) is 0.500. The molecule has 0 saturated heterocycles. The Morgan fingerprint density at radius 1 is 1.36 bits per heavy atom. The molecule has 0 unspecified atom stereocenters. The van der Waals surface area contributed by atoms with Crippen LogP contribution in [0.1, 0.15) is 47.5 Å². The van der Waals surface area contributed by atoms with E-state index in [9.17, 15) is 32.7 Å². The van der Waals surface area contributed by atoms with Gasteiger partial charge in [-0.1, -0.05) is 0 Å². The van der Waals surface area contributed by atoms with Crippen LogP contribution in [0.15, 0.2) is 10.9 Å². The SMILES string of the molecule is CC(C)(Cn1c(=O)c(C(=O)NC2CC2)c(O)n2nc(C(N)=O)cc12)C(F)(F)F. The maximum absolute atomic E-state index is 13.4. The summed E-state index contributed by atoms with van der Waals surface area (Å²) >= 11 is 0. The highest BCUT2D eigenvalue weighted by molar-refractivity contribution is 5.97. The topological polar surface area (TPSA) is 132 Å². The fourth-order valence-corrected chi connectivity index (χ4v) is 2.60. The molecule has 4 N–H and O–H groups in total. The Kier molecular flexibility index (Phi) is 4.39. The maximum atomic E-state index is 13.4. The van der Waals surface area contributed by atoms with Crippen molar-refractivity contribution >= 4 is 17.5 Å². The highest BCUT2D eigenvalue weighted by Crippen LogP contribution is 2.39. The van der Waals surface area contributed by atoms with Crippen LogP contribution in [0.5, 0.6) is 5.88 Å². The van der Waals surface area contributed by atoms with Crippen LogP contribution in [0.3, 0.4) is 0 Å². The van der Waals surface area contributed by atoms with Crippen molar-refractivity contribution in [3.63, 3.8) is 0 Å². The van der Waals surface area contributed by atoms with E-state index in [0.29, 0.717) is 21.9 Å². The molecule has 2 heterocycles. The molecule has 1 saturated carbocycles. The zero-order valence-electron chi connectivity index (χ0n) is 15.0. The van der Waals surface area contributed by atoms with Gasteiger partial charge in [-0.15, -0.1) is 0 Å². The van der Waals surface area contributed by atoms with Crippen molar-refractivity contribution in [1.82, 2.24) is 19.5 Å². The van der Waals surface area contributed by atoms with Gasteiger partial charge in [0.15, 0.2) is 11.3 Å². The minimum atomic E-state index is -4.66. The first-order chi connectivity index (χ1) is 12.8. The number of carbonyl (C=O) groups is 2. The molecule has 0 spiro atoms. The normalized spacial score (nSPS) is 15.0. The van der Waals surface area contributed by atoms with E-state index in [1.54, 1.807) is 0 Å². The van der Waals surface area contributed by atoms with Crippen molar-refractivity contribution in [2.75, 3.05) is 0 Å². The van der Waals surface area contributed by atoms with Crippen molar-refractivity contribution in [1.29, 1.82) is 0 Å². The Morgan fingerprint density at radius 2 is 1.96 bits per heavy atom. The maximum Gasteiger partial charge on any atom is 0.395 e. The summed E-state index contributed by atoms with van der Waals surface area (Å²) in [5, 5.41) is 16.6. The number of amides is 2. The molecule has 1 aliphatic rings. The Balaban J connectivity index is 2.26. The van der Waals surface area contributed by atoms with Crippen LogP contribution >= 0.6 is 0 Å². The van der Waals surface area contributed by atoms with Crippen LogP contribution in [0.4, 0.5) is 13.2 Å². The Hall–Kier alpha value is -3.05. The zero-order valence-corrected chi connectivity index (χ0v) is 15.0. The quantitative estimate of drug-likeness (QED) is 0.681.